The monoisotopic (exact) mass is 154 g/mol. The molecular formula is C6H6N2OS. The maximum atomic E-state index is 8.80. The van der Waals surface area contributed by atoms with Crippen molar-refractivity contribution in [2.24, 2.45) is 0 Å². The first kappa shape index (κ1) is 5.88. The summed E-state index contributed by atoms with van der Waals surface area (Å²) < 4.78 is 1.88. The molecule has 0 saturated heterocycles. The lowest BCUT2D eigenvalue weighted by Gasteiger charge is -1.88. The summed E-state index contributed by atoms with van der Waals surface area (Å²) in [6, 6.07) is 0. The first-order chi connectivity index (χ1) is 4.92. The second-order valence-corrected chi connectivity index (χ2v) is 2.88. The summed E-state index contributed by atoms with van der Waals surface area (Å²) >= 11 is 1.59. The van der Waals surface area contributed by atoms with E-state index in [1.165, 1.54) is 0 Å². The maximum Gasteiger partial charge on any atom is 0.119 e. The SMILES string of the molecule is OCc1csc2cncn12. The van der Waals surface area contributed by atoms with Crippen LogP contribution in [0.3, 0.4) is 0 Å². The van der Waals surface area contributed by atoms with Crippen molar-refractivity contribution in [1.29, 1.82) is 0 Å². The Morgan fingerprint density at radius 2 is 2.60 bits per heavy atom. The van der Waals surface area contributed by atoms with E-state index in [0.29, 0.717) is 0 Å². The number of nitrogens with zero attached hydrogens (tertiary/aromatic N) is 2. The van der Waals surface area contributed by atoms with Crippen LogP contribution in [0.4, 0.5) is 0 Å². The van der Waals surface area contributed by atoms with Crippen molar-refractivity contribution >= 4 is 16.2 Å². The van der Waals surface area contributed by atoms with Gasteiger partial charge in [-0.1, -0.05) is 0 Å². The van der Waals surface area contributed by atoms with Crippen LogP contribution in [0.25, 0.3) is 4.83 Å². The minimum Gasteiger partial charge on any atom is -0.390 e. The van der Waals surface area contributed by atoms with Gasteiger partial charge in [0.2, 0.25) is 0 Å². The van der Waals surface area contributed by atoms with Gasteiger partial charge in [0.15, 0.2) is 0 Å². The zero-order chi connectivity index (χ0) is 6.97. The van der Waals surface area contributed by atoms with E-state index in [0.717, 1.165) is 10.5 Å². The van der Waals surface area contributed by atoms with Gasteiger partial charge in [-0.3, -0.25) is 4.40 Å². The summed E-state index contributed by atoms with van der Waals surface area (Å²) in [6.07, 6.45) is 3.49. The predicted octanol–water partition coefficient (Wildman–Crippen LogP) is 0.888. The molecule has 0 unspecified atom stereocenters. The molecule has 0 fully saturated rings. The lowest BCUT2D eigenvalue weighted by atomic mass is 10.5. The van der Waals surface area contributed by atoms with Crippen LogP contribution in [-0.2, 0) is 6.61 Å². The van der Waals surface area contributed by atoms with Gasteiger partial charge in [-0.15, -0.1) is 11.3 Å². The Bertz CT molecular complexity index is 338. The molecule has 0 bridgehead atoms. The Labute approximate surface area is 61.6 Å². The highest BCUT2D eigenvalue weighted by atomic mass is 32.1. The summed E-state index contributed by atoms with van der Waals surface area (Å²) in [4.78, 5) is 5.01. The zero-order valence-electron chi connectivity index (χ0n) is 5.19. The van der Waals surface area contributed by atoms with Gasteiger partial charge in [-0.05, 0) is 0 Å². The van der Waals surface area contributed by atoms with Crippen LogP contribution in [0, 0.1) is 0 Å². The molecule has 0 saturated carbocycles. The van der Waals surface area contributed by atoms with E-state index in [9.17, 15) is 0 Å². The summed E-state index contributed by atoms with van der Waals surface area (Å²) in [5.74, 6) is 0. The fourth-order valence-electron chi connectivity index (χ4n) is 0.884. The molecule has 3 nitrogen and oxygen atoms in total. The molecular weight excluding hydrogens is 148 g/mol. The van der Waals surface area contributed by atoms with E-state index in [1.54, 1.807) is 23.9 Å². The minimum atomic E-state index is 0.0797. The number of thiazole rings is 1. The molecule has 2 rings (SSSR count). The van der Waals surface area contributed by atoms with Crippen LogP contribution in [0.1, 0.15) is 5.69 Å². The number of rotatable bonds is 1. The number of aliphatic hydroxyl groups excluding tert-OH is 1. The van der Waals surface area contributed by atoms with Crippen molar-refractivity contribution in [3.8, 4) is 0 Å². The molecule has 0 atom stereocenters. The van der Waals surface area contributed by atoms with Crippen molar-refractivity contribution < 1.29 is 5.11 Å². The van der Waals surface area contributed by atoms with Crippen molar-refractivity contribution in [3.63, 3.8) is 0 Å². The van der Waals surface area contributed by atoms with Crippen molar-refractivity contribution in [1.82, 2.24) is 9.38 Å². The van der Waals surface area contributed by atoms with Crippen LogP contribution in [-0.4, -0.2) is 14.5 Å². The second-order valence-electron chi connectivity index (χ2n) is 1.99. The molecule has 1 N–H and O–H groups in total. The van der Waals surface area contributed by atoms with Gasteiger partial charge in [0.05, 0.1) is 18.5 Å². The van der Waals surface area contributed by atoms with Gasteiger partial charge in [0, 0.05) is 5.38 Å². The van der Waals surface area contributed by atoms with E-state index in [4.69, 9.17) is 5.11 Å². The standard InChI is InChI=1S/C6H6N2OS/c9-2-5-3-10-6-1-7-4-8(5)6/h1,3-4,9H,2H2. The van der Waals surface area contributed by atoms with Crippen molar-refractivity contribution in [3.05, 3.63) is 23.6 Å². The second kappa shape index (κ2) is 2.07. The number of hydrogen-bond acceptors (Lipinski definition) is 3. The first-order valence-electron chi connectivity index (χ1n) is 2.91. The Morgan fingerprint density at radius 1 is 1.70 bits per heavy atom. The quantitative estimate of drug-likeness (QED) is 0.662. The highest BCUT2D eigenvalue weighted by molar-refractivity contribution is 7.15. The van der Waals surface area contributed by atoms with Gasteiger partial charge >= 0.3 is 0 Å². The number of aliphatic hydroxyl groups is 1. The van der Waals surface area contributed by atoms with E-state index >= 15 is 0 Å². The largest absolute Gasteiger partial charge is 0.390 e. The van der Waals surface area contributed by atoms with Gasteiger partial charge in [0.25, 0.3) is 0 Å². The smallest absolute Gasteiger partial charge is 0.119 e. The molecule has 2 aromatic rings. The Balaban J connectivity index is 2.76. The van der Waals surface area contributed by atoms with E-state index in [-0.39, 0.29) is 6.61 Å². The van der Waals surface area contributed by atoms with E-state index in [2.05, 4.69) is 4.98 Å². The Hall–Kier alpha value is -0.870. The molecule has 0 aromatic carbocycles. The van der Waals surface area contributed by atoms with Gasteiger partial charge in [0.1, 0.15) is 11.2 Å². The van der Waals surface area contributed by atoms with Crippen LogP contribution in [0.5, 0.6) is 0 Å². The normalized spacial score (nSPS) is 10.9. The molecule has 52 valence electrons. The average molecular weight is 154 g/mol. The minimum absolute atomic E-state index is 0.0797. The summed E-state index contributed by atoms with van der Waals surface area (Å²) in [5.41, 5.74) is 0.900. The van der Waals surface area contributed by atoms with Crippen molar-refractivity contribution in [2.45, 2.75) is 6.61 Å². The summed E-state index contributed by atoms with van der Waals surface area (Å²) in [5, 5.41) is 10.7. The topological polar surface area (TPSA) is 37.5 Å². The molecule has 0 aliphatic rings. The van der Waals surface area contributed by atoms with Crippen LogP contribution in [0.15, 0.2) is 17.9 Å². The Kier molecular flexibility index (Phi) is 1.22. The molecule has 0 spiro atoms. The molecule has 10 heavy (non-hydrogen) atoms. The summed E-state index contributed by atoms with van der Waals surface area (Å²) in [6.45, 7) is 0.0797. The third-order valence-electron chi connectivity index (χ3n) is 1.39. The molecule has 0 radical (unpaired) electrons. The first-order valence-corrected chi connectivity index (χ1v) is 3.79. The molecule has 4 heteroatoms. The fourth-order valence-corrected chi connectivity index (χ4v) is 1.73. The average Bonchev–Trinajstić information content (AvgIpc) is 2.44. The molecule has 0 amide bonds. The number of hydrogen-bond donors (Lipinski definition) is 1. The van der Waals surface area contributed by atoms with Gasteiger partial charge in [-0.2, -0.15) is 0 Å². The molecule has 2 heterocycles. The van der Waals surface area contributed by atoms with E-state index < -0.39 is 0 Å². The van der Waals surface area contributed by atoms with Crippen LogP contribution in [0.2, 0.25) is 0 Å². The van der Waals surface area contributed by atoms with Gasteiger partial charge in [-0.25, -0.2) is 4.98 Å². The summed E-state index contributed by atoms with van der Waals surface area (Å²) in [7, 11) is 0. The molecule has 0 aliphatic carbocycles. The third-order valence-corrected chi connectivity index (χ3v) is 2.33. The highest BCUT2D eigenvalue weighted by Gasteiger charge is 1.99. The van der Waals surface area contributed by atoms with Gasteiger partial charge < -0.3 is 5.11 Å². The Morgan fingerprint density at radius 3 is 3.40 bits per heavy atom. The van der Waals surface area contributed by atoms with E-state index in [1.807, 2.05) is 9.78 Å². The van der Waals surface area contributed by atoms with Crippen LogP contribution >= 0.6 is 11.3 Å². The lowest BCUT2D eigenvalue weighted by Crippen LogP contribution is -1.86. The van der Waals surface area contributed by atoms with Crippen molar-refractivity contribution in [2.75, 3.05) is 0 Å². The number of imidazole rings is 1. The zero-order valence-corrected chi connectivity index (χ0v) is 6.01. The predicted molar refractivity (Wildman–Crippen MR) is 39.0 cm³/mol. The molecule has 0 aliphatic heterocycles. The fraction of sp³-hybridized carbons (Fsp3) is 0.167. The highest BCUT2D eigenvalue weighted by Crippen LogP contribution is 2.14. The lowest BCUT2D eigenvalue weighted by molar-refractivity contribution is 0.276. The number of fused-ring (bicyclic) bond motifs is 1. The molecule has 2 aromatic heterocycles. The third kappa shape index (κ3) is 0.661. The maximum absolute atomic E-state index is 8.80. The van der Waals surface area contributed by atoms with Crippen LogP contribution < -0.4 is 0 Å². The number of aromatic nitrogens is 2.